The first kappa shape index (κ1) is 54.4. The Morgan fingerprint density at radius 1 is 0.525 bits per heavy atom. The van der Waals surface area contributed by atoms with E-state index in [0.717, 1.165) is 0 Å². The molecule has 61 heavy (non-hydrogen) atoms. The molecular formula is C35H60N12O14. The quantitative estimate of drug-likeness (QED) is 0.0182. The number of nitrogens with two attached hydrogens (primary N) is 5. The number of primary amides is 2. The number of nitrogens with zero attached hydrogens (tertiary/aromatic N) is 1. The summed E-state index contributed by atoms with van der Waals surface area (Å²) in [4.78, 5) is 142. The van der Waals surface area contributed by atoms with Crippen LogP contribution in [0.15, 0.2) is 4.99 Å². The van der Waals surface area contributed by atoms with E-state index in [-0.39, 0.29) is 31.8 Å². The highest BCUT2D eigenvalue weighted by molar-refractivity contribution is 5.99. The molecule has 0 saturated carbocycles. The number of aliphatic imine (C=N–C) groups is 1. The summed E-state index contributed by atoms with van der Waals surface area (Å²) in [5, 5.41) is 41.8. The lowest BCUT2D eigenvalue weighted by atomic mass is 9.96. The third-order valence-corrected chi connectivity index (χ3v) is 9.24. The average Bonchev–Trinajstić information content (AvgIpc) is 3.15. The number of carboxylic acid groups (broad SMARTS) is 3. The van der Waals surface area contributed by atoms with Crippen LogP contribution in [0, 0.1) is 11.8 Å². The van der Waals surface area contributed by atoms with E-state index in [1.807, 2.05) is 0 Å². The number of nitrogens with one attached hydrogen (secondary N) is 6. The second kappa shape index (κ2) is 27.2. The van der Waals surface area contributed by atoms with Gasteiger partial charge in [-0.2, -0.15) is 0 Å². The van der Waals surface area contributed by atoms with Crippen molar-refractivity contribution < 1.29 is 68.1 Å². The molecule has 26 nitrogen and oxygen atoms in total. The largest absolute Gasteiger partial charge is 0.481 e. The Labute approximate surface area is 350 Å². The molecule has 0 aromatic carbocycles. The van der Waals surface area contributed by atoms with E-state index in [1.54, 1.807) is 20.8 Å². The molecule has 344 valence electrons. The zero-order chi connectivity index (χ0) is 47.1. The molecule has 9 atom stereocenters. The Bertz CT molecular complexity index is 1640. The number of amides is 8. The van der Waals surface area contributed by atoms with Crippen LogP contribution < -0.4 is 60.6 Å². The second-order valence-corrected chi connectivity index (χ2v) is 14.3. The van der Waals surface area contributed by atoms with Crippen molar-refractivity contribution >= 4 is 71.1 Å². The maximum Gasteiger partial charge on any atom is 0.326 e. The average molecular weight is 873 g/mol. The summed E-state index contributed by atoms with van der Waals surface area (Å²) >= 11 is 0. The predicted molar refractivity (Wildman–Crippen MR) is 213 cm³/mol. The van der Waals surface area contributed by atoms with Gasteiger partial charge in [-0.05, 0) is 31.1 Å². The molecule has 0 unspecified atom stereocenters. The topological polar surface area (TPSA) is 463 Å². The van der Waals surface area contributed by atoms with Crippen molar-refractivity contribution in [3.8, 4) is 0 Å². The minimum absolute atomic E-state index is 0.00254. The van der Waals surface area contributed by atoms with Crippen molar-refractivity contribution in [2.24, 2.45) is 45.5 Å². The van der Waals surface area contributed by atoms with Crippen molar-refractivity contribution in [3.05, 3.63) is 0 Å². The zero-order valence-electron chi connectivity index (χ0n) is 34.4. The van der Waals surface area contributed by atoms with Crippen LogP contribution in [0.4, 0.5) is 0 Å². The van der Waals surface area contributed by atoms with Gasteiger partial charge in [0.2, 0.25) is 47.3 Å². The van der Waals surface area contributed by atoms with Crippen LogP contribution in [0.5, 0.6) is 0 Å². The molecule has 0 rings (SSSR count). The molecule has 0 heterocycles. The first-order chi connectivity index (χ1) is 28.3. The summed E-state index contributed by atoms with van der Waals surface area (Å²) in [5.74, 6) is -14.6. The molecule has 0 radical (unpaired) electrons. The monoisotopic (exact) mass is 872 g/mol. The van der Waals surface area contributed by atoms with Crippen LogP contribution in [0.3, 0.4) is 0 Å². The molecule has 0 spiro atoms. The van der Waals surface area contributed by atoms with Gasteiger partial charge < -0.3 is 75.9 Å². The summed E-state index contributed by atoms with van der Waals surface area (Å²) in [6.45, 7) is 6.38. The number of carbonyl (C=O) groups excluding carboxylic acids is 8. The predicted octanol–water partition coefficient (Wildman–Crippen LogP) is -5.46. The van der Waals surface area contributed by atoms with Gasteiger partial charge in [-0.25, -0.2) is 4.79 Å². The van der Waals surface area contributed by atoms with E-state index in [2.05, 4.69) is 36.9 Å². The van der Waals surface area contributed by atoms with Gasteiger partial charge in [-0.1, -0.05) is 40.5 Å². The number of carboxylic acids is 3. The van der Waals surface area contributed by atoms with E-state index in [4.69, 9.17) is 33.8 Å². The molecule has 0 fully saturated rings. The Morgan fingerprint density at radius 3 is 1.39 bits per heavy atom. The molecule has 0 aliphatic carbocycles. The van der Waals surface area contributed by atoms with Crippen molar-refractivity contribution in [3.63, 3.8) is 0 Å². The molecule has 0 aliphatic heterocycles. The van der Waals surface area contributed by atoms with Gasteiger partial charge in [0.1, 0.15) is 36.3 Å². The van der Waals surface area contributed by atoms with Gasteiger partial charge in [0.25, 0.3) is 0 Å². The second-order valence-electron chi connectivity index (χ2n) is 14.3. The van der Waals surface area contributed by atoms with Gasteiger partial charge in [0.05, 0.1) is 25.3 Å². The van der Waals surface area contributed by atoms with E-state index >= 15 is 0 Å². The van der Waals surface area contributed by atoms with Crippen molar-refractivity contribution in [2.45, 2.75) is 128 Å². The smallest absolute Gasteiger partial charge is 0.326 e. The Morgan fingerprint density at radius 2 is 0.951 bits per heavy atom. The van der Waals surface area contributed by atoms with Crippen LogP contribution in [0.25, 0.3) is 0 Å². The fourth-order valence-electron chi connectivity index (χ4n) is 5.38. The Balaban J connectivity index is 6.49. The standard InChI is InChI=1S/C35H60N12O14/c1-5-15(3)26(46-28(54)17(36)12-24(50)51)33(59)45-20(13-23(38)49)31(57)47-27(16(4)6-2)32(58)42-18(9-10-22(37)48)29(55)44-21(14-25(52)53)30(56)43-19(34(60)61)8-7-11-41-35(39)40/h15-21,26-27H,5-14,36H2,1-4H3,(H2,37,48)(H2,38,49)(H,42,58)(H,43,56)(H,44,55)(H,45,59)(H,46,54)(H,47,57)(H,50,51)(H,52,53)(H,60,61)(H4,39,40,41)/t15-,16-,17-,18-,19-,20-,21-,26-,27-/m0/s1. The first-order valence-corrected chi connectivity index (χ1v) is 19.2. The summed E-state index contributed by atoms with van der Waals surface area (Å²) < 4.78 is 0. The Kier molecular flexibility index (Phi) is 24.3. The van der Waals surface area contributed by atoms with Gasteiger partial charge >= 0.3 is 17.9 Å². The molecule has 0 bridgehead atoms. The number of aliphatic carboxylic acids is 3. The molecule has 0 aliphatic rings. The fraction of sp³-hybridized carbons (Fsp3) is 0.657. The first-order valence-electron chi connectivity index (χ1n) is 19.2. The number of hydrogen-bond donors (Lipinski definition) is 14. The van der Waals surface area contributed by atoms with Gasteiger partial charge in [-0.15, -0.1) is 0 Å². The third-order valence-electron chi connectivity index (χ3n) is 9.24. The third kappa shape index (κ3) is 21.3. The van der Waals surface area contributed by atoms with Gasteiger partial charge in [-0.3, -0.25) is 52.9 Å². The van der Waals surface area contributed by atoms with Gasteiger partial charge in [0.15, 0.2) is 5.96 Å². The summed E-state index contributed by atoms with van der Waals surface area (Å²) in [6, 6.07) is -11.4. The molecule has 26 heteroatoms. The highest BCUT2D eigenvalue weighted by Gasteiger charge is 2.37. The minimum Gasteiger partial charge on any atom is -0.481 e. The number of rotatable bonds is 30. The summed E-state index contributed by atoms with van der Waals surface area (Å²) in [7, 11) is 0. The van der Waals surface area contributed by atoms with Crippen molar-refractivity contribution in [2.75, 3.05) is 6.54 Å². The molecule has 0 aromatic rings. The molecule has 0 aromatic heterocycles. The fourth-order valence-corrected chi connectivity index (χ4v) is 5.38. The lowest BCUT2D eigenvalue weighted by Crippen LogP contribution is -2.61. The summed E-state index contributed by atoms with van der Waals surface area (Å²) in [5.41, 5.74) is 26.8. The highest BCUT2D eigenvalue weighted by Crippen LogP contribution is 2.13. The highest BCUT2D eigenvalue weighted by atomic mass is 16.4. The van der Waals surface area contributed by atoms with Gasteiger partial charge in [0, 0.05) is 13.0 Å². The SMILES string of the molecule is CC[C@H](C)[C@H](NC(=O)[C@H](CC(N)=O)NC(=O)[C@@H](NC(=O)[C@@H](N)CC(=O)O)[C@@H](C)CC)C(=O)N[C@@H](CCC(N)=O)C(=O)N[C@@H](CC(=O)O)C(=O)N[C@@H](CCCN=C(N)N)C(=O)O. The molecule has 8 amide bonds. The maximum atomic E-state index is 13.8. The molecular weight excluding hydrogens is 812 g/mol. The van der Waals surface area contributed by atoms with Crippen LogP contribution in [-0.4, -0.2) is 135 Å². The van der Waals surface area contributed by atoms with Crippen molar-refractivity contribution in [1.82, 2.24) is 31.9 Å². The van der Waals surface area contributed by atoms with Crippen molar-refractivity contribution in [1.29, 1.82) is 0 Å². The van der Waals surface area contributed by atoms with E-state index in [0.29, 0.717) is 6.42 Å². The number of hydrogen-bond acceptors (Lipinski definition) is 13. The maximum absolute atomic E-state index is 13.8. The van der Waals surface area contributed by atoms with Crippen LogP contribution in [-0.2, 0) is 52.7 Å². The lowest BCUT2D eigenvalue weighted by molar-refractivity contribution is -0.144. The number of guanidine groups is 1. The van der Waals surface area contributed by atoms with Crippen LogP contribution in [0.1, 0.15) is 85.5 Å². The van der Waals surface area contributed by atoms with Crippen LogP contribution in [0.2, 0.25) is 0 Å². The molecule has 0 saturated heterocycles. The normalized spacial score (nSPS) is 15.2. The van der Waals surface area contributed by atoms with E-state index in [1.165, 1.54) is 6.92 Å². The van der Waals surface area contributed by atoms with E-state index in [9.17, 15) is 63.0 Å². The summed E-state index contributed by atoms with van der Waals surface area (Å²) in [6.07, 6.45) is -3.25. The zero-order valence-corrected chi connectivity index (χ0v) is 34.4. The number of carbonyl (C=O) groups is 11. The van der Waals surface area contributed by atoms with Crippen LogP contribution >= 0.6 is 0 Å². The molecule has 19 N–H and O–H groups in total. The van der Waals surface area contributed by atoms with E-state index < -0.39 is 151 Å². The lowest BCUT2D eigenvalue weighted by Gasteiger charge is -2.30. The Hall–Kier alpha value is -6.60. The minimum atomic E-state index is -1.90.